The van der Waals surface area contributed by atoms with Crippen LogP contribution in [0.3, 0.4) is 0 Å². The summed E-state index contributed by atoms with van der Waals surface area (Å²) in [5, 5.41) is 17.4. The first-order chi connectivity index (χ1) is 12.1. The highest BCUT2D eigenvalue weighted by Gasteiger charge is 2.08. The third-order valence-corrected chi connectivity index (χ3v) is 4.05. The van der Waals surface area contributed by atoms with Gasteiger partial charge >= 0.3 is 0 Å². The van der Waals surface area contributed by atoms with Crippen LogP contribution in [0, 0.1) is 10.1 Å². The maximum Gasteiger partial charge on any atom is 0.270 e. The molecule has 2 aromatic carbocycles. The van der Waals surface area contributed by atoms with Gasteiger partial charge < -0.3 is 4.84 Å². The van der Waals surface area contributed by atoms with Crippen molar-refractivity contribution in [3.05, 3.63) is 64.2 Å². The lowest BCUT2D eigenvalue weighted by molar-refractivity contribution is -0.384. The lowest BCUT2D eigenvalue weighted by Crippen LogP contribution is -2.16. The molecule has 1 amide bonds. The summed E-state index contributed by atoms with van der Waals surface area (Å²) in [6.07, 6.45) is 1.30. The number of nitrogens with one attached hydrogen (secondary N) is 1. The molecule has 0 radical (unpaired) electrons. The van der Waals surface area contributed by atoms with Gasteiger partial charge in [0.05, 0.1) is 21.4 Å². The Balaban J connectivity index is 1.52. The molecule has 0 aliphatic carbocycles. The predicted octanol–water partition coefficient (Wildman–Crippen LogP) is 3.19. The normalized spacial score (nSPS) is 10.9. The Kier molecular flexibility index (Phi) is 4.95. The molecule has 0 spiro atoms. The fourth-order valence-electron chi connectivity index (χ4n) is 1.99. The molecule has 0 aliphatic rings. The first kappa shape index (κ1) is 16.5. The van der Waals surface area contributed by atoms with Gasteiger partial charge in [-0.25, -0.2) is 4.98 Å². The van der Waals surface area contributed by atoms with Gasteiger partial charge in [-0.1, -0.05) is 40.8 Å². The second kappa shape index (κ2) is 7.49. The molecule has 0 bridgehead atoms. The molecule has 0 atom stereocenters. The third kappa shape index (κ3) is 4.36. The van der Waals surface area contributed by atoms with Crippen LogP contribution in [0.25, 0.3) is 10.2 Å². The summed E-state index contributed by atoms with van der Waals surface area (Å²) in [5.41, 5.74) is 1.27. The number of hydrogen-bond donors (Lipinski definition) is 1. The van der Waals surface area contributed by atoms with Gasteiger partial charge in [-0.2, -0.15) is 0 Å². The zero-order chi connectivity index (χ0) is 17.6. The van der Waals surface area contributed by atoms with E-state index < -0.39 is 10.8 Å². The molecule has 0 saturated heterocycles. The highest BCUT2D eigenvalue weighted by atomic mass is 32.1. The summed E-state index contributed by atoms with van der Waals surface area (Å²) < 4.78 is 0.974. The van der Waals surface area contributed by atoms with Gasteiger partial charge in [-0.15, -0.1) is 0 Å². The largest absolute Gasteiger partial charge is 0.386 e. The highest BCUT2D eigenvalue weighted by molar-refractivity contribution is 7.22. The molecule has 0 aliphatic heterocycles. The molecule has 25 heavy (non-hydrogen) atoms. The first-order valence-electron chi connectivity index (χ1n) is 7.17. The maximum atomic E-state index is 11.8. The number of carbonyl (C=O) groups excluding carboxylic acids is 1. The van der Waals surface area contributed by atoms with E-state index in [-0.39, 0.29) is 12.3 Å². The summed E-state index contributed by atoms with van der Waals surface area (Å²) in [5.74, 6) is -0.393. The van der Waals surface area contributed by atoms with Crippen LogP contribution in [-0.2, 0) is 9.63 Å². The average Bonchev–Trinajstić information content (AvgIpc) is 3.01. The van der Waals surface area contributed by atoms with Crippen molar-refractivity contribution in [3.63, 3.8) is 0 Å². The number of para-hydroxylation sites is 1. The molecule has 0 fully saturated rings. The number of oxime groups is 1. The number of carbonyl (C=O) groups is 1. The number of hydrogen-bond acceptors (Lipinski definition) is 7. The van der Waals surface area contributed by atoms with E-state index in [1.54, 1.807) is 12.1 Å². The number of nitrogens with zero attached hydrogens (tertiary/aromatic N) is 3. The van der Waals surface area contributed by atoms with Crippen molar-refractivity contribution in [2.45, 2.75) is 0 Å². The Hall–Kier alpha value is -3.33. The van der Waals surface area contributed by atoms with Crippen molar-refractivity contribution in [1.82, 2.24) is 4.98 Å². The number of anilines is 1. The highest BCUT2D eigenvalue weighted by Crippen LogP contribution is 2.25. The number of rotatable bonds is 6. The van der Waals surface area contributed by atoms with Crippen molar-refractivity contribution in [2.24, 2.45) is 5.16 Å². The van der Waals surface area contributed by atoms with E-state index in [0.29, 0.717) is 10.7 Å². The maximum absolute atomic E-state index is 11.8. The minimum absolute atomic E-state index is 0.0440. The Morgan fingerprint density at radius 1 is 1.32 bits per heavy atom. The topological polar surface area (TPSA) is 107 Å². The Labute approximate surface area is 145 Å². The number of aromatic nitrogens is 1. The number of thiazole rings is 1. The summed E-state index contributed by atoms with van der Waals surface area (Å²) in [6.45, 7) is -0.290. The molecule has 1 N–H and O–H groups in total. The molecule has 126 valence electrons. The molecule has 1 aromatic heterocycles. The Bertz CT molecular complexity index is 921. The molecule has 0 unspecified atom stereocenters. The standard InChI is InChI=1S/C16H12N4O4S/c21-15(19-16-18-13-6-1-2-7-14(13)25-16)10-24-17-9-11-4-3-5-12(8-11)20(22)23/h1-9H,10H2,(H,18,19,21). The fraction of sp³-hybridized carbons (Fsp3) is 0.0625. The van der Waals surface area contributed by atoms with Gasteiger partial charge in [-0.05, 0) is 12.1 Å². The number of fused-ring (bicyclic) bond motifs is 1. The Morgan fingerprint density at radius 2 is 2.16 bits per heavy atom. The zero-order valence-electron chi connectivity index (χ0n) is 12.8. The number of amides is 1. The van der Waals surface area contributed by atoms with E-state index in [1.165, 1.54) is 29.7 Å². The quantitative estimate of drug-likeness (QED) is 0.415. The molecular weight excluding hydrogens is 344 g/mol. The van der Waals surface area contributed by atoms with Crippen LogP contribution in [0.2, 0.25) is 0 Å². The number of non-ortho nitro benzene ring substituents is 1. The minimum atomic E-state index is -0.496. The lowest BCUT2D eigenvalue weighted by atomic mass is 10.2. The van der Waals surface area contributed by atoms with E-state index in [9.17, 15) is 14.9 Å². The molecule has 3 rings (SSSR count). The predicted molar refractivity (Wildman–Crippen MR) is 94.9 cm³/mol. The van der Waals surface area contributed by atoms with E-state index >= 15 is 0 Å². The van der Waals surface area contributed by atoms with E-state index in [4.69, 9.17) is 4.84 Å². The minimum Gasteiger partial charge on any atom is -0.386 e. The molecule has 9 heteroatoms. The molecule has 8 nitrogen and oxygen atoms in total. The molecule has 1 heterocycles. The molecular formula is C16H12N4O4S. The van der Waals surface area contributed by atoms with Crippen molar-refractivity contribution < 1.29 is 14.6 Å². The monoisotopic (exact) mass is 356 g/mol. The first-order valence-corrected chi connectivity index (χ1v) is 7.99. The van der Waals surface area contributed by atoms with Crippen molar-refractivity contribution in [1.29, 1.82) is 0 Å². The smallest absolute Gasteiger partial charge is 0.270 e. The van der Waals surface area contributed by atoms with Gasteiger partial charge in [0.2, 0.25) is 0 Å². The van der Waals surface area contributed by atoms with Crippen LogP contribution in [0.5, 0.6) is 0 Å². The van der Waals surface area contributed by atoms with E-state index in [0.717, 1.165) is 10.2 Å². The summed E-state index contributed by atoms with van der Waals surface area (Å²) >= 11 is 1.37. The zero-order valence-corrected chi connectivity index (χ0v) is 13.6. The SMILES string of the molecule is O=C(CON=Cc1cccc([N+](=O)[O-])c1)Nc1nc2ccccc2s1. The van der Waals surface area contributed by atoms with Crippen LogP contribution < -0.4 is 5.32 Å². The van der Waals surface area contributed by atoms with Gasteiger partial charge in [0.25, 0.3) is 11.6 Å². The average molecular weight is 356 g/mol. The fourth-order valence-corrected chi connectivity index (χ4v) is 2.88. The summed E-state index contributed by atoms with van der Waals surface area (Å²) in [4.78, 5) is 31.2. The van der Waals surface area contributed by atoms with E-state index in [1.807, 2.05) is 24.3 Å². The summed E-state index contributed by atoms with van der Waals surface area (Å²) in [6, 6.07) is 13.5. The van der Waals surface area contributed by atoms with Crippen LogP contribution in [0.4, 0.5) is 10.8 Å². The van der Waals surface area contributed by atoms with Crippen LogP contribution >= 0.6 is 11.3 Å². The number of benzene rings is 2. The van der Waals surface area contributed by atoms with Crippen LogP contribution in [0.15, 0.2) is 53.7 Å². The van der Waals surface area contributed by atoms with Crippen molar-refractivity contribution in [3.8, 4) is 0 Å². The van der Waals surface area contributed by atoms with Gasteiger partial charge in [0.1, 0.15) is 0 Å². The molecule has 3 aromatic rings. The van der Waals surface area contributed by atoms with Crippen LogP contribution in [0.1, 0.15) is 5.56 Å². The Morgan fingerprint density at radius 3 is 2.96 bits per heavy atom. The second-order valence-corrected chi connectivity index (χ2v) is 5.93. The molecule has 0 saturated carbocycles. The van der Waals surface area contributed by atoms with Crippen LogP contribution in [-0.4, -0.2) is 28.6 Å². The second-order valence-electron chi connectivity index (χ2n) is 4.89. The third-order valence-electron chi connectivity index (χ3n) is 3.09. The van der Waals surface area contributed by atoms with Gasteiger partial charge in [0.15, 0.2) is 11.7 Å². The summed E-state index contributed by atoms with van der Waals surface area (Å²) in [7, 11) is 0. The van der Waals surface area contributed by atoms with Crippen molar-refractivity contribution >= 4 is 44.5 Å². The van der Waals surface area contributed by atoms with Gasteiger partial charge in [0, 0.05) is 17.7 Å². The van der Waals surface area contributed by atoms with Crippen molar-refractivity contribution in [2.75, 3.05) is 11.9 Å². The van der Waals surface area contributed by atoms with E-state index in [2.05, 4.69) is 15.5 Å². The number of nitro benzene ring substituents is 1. The number of nitro groups is 1. The lowest BCUT2D eigenvalue weighted by Gasteiger charge is -1.99. The van der Waals surface area contributed by atoms with Gasteiger partial charge in [-0.3, -0.25) is 20.2 Å².